The molecule has 6 heteroatoms. The minimum atomic E-state index is -3.49. The first-order valence-corrected chi connectivity index (χ1v) is 9.82. The summed E-state index contributed by atoms with van der Waals surface area (Å²) in [4.78, 5) is 2.63. The standard InChI is InChI=1S/C18H27N3O2S/c1-13-14(2)16(4)18(17(5)15(13)3)24(22,23)21-11-9-20(10-12-21)8-6-7-19/h6,8-12H2,1-5H3. The van der Waals surface area contributed by atoms with Crippen LogP contribution >= 0.6 is 0 Å². The number of hydrogen-bond donors (Lipinski definition) is 0. The number of rotatable bonds is 4. The molecule has 0 aliphatic carbocycles. The Bertz CT molecular complexity index is 741. The zero-order chi connectivity index (χ0) is 18.1. The van der Waals surface area contributed by atoms with Crippen LogP contribution in [0.15, 0.2) is 4.90 Å². The van der Waals surface area contributed by atoms with Crippen LogP contribution in [0.5, 0.6) is 0 Å². The van der Waals surface area contributed by atoms with Crippen LogP contribution in [-0.4, -0.2) is 50.3 Å². The highest BCUT2D eigenvalue weighted by Crippen LogP contribution is 2.31. The minimum Gasteiger partial charge on any atom is -0.300 e. The predicted octanol–water partition coefficient (Wildman–Crippen LogP) is 2.45. The lowest BCUT2D eigenvalue weighted by atomic mass is 9.95. The van der Waals surface area contributed by atoms with E-state index in [1.807, 2.05) is 27.7 Å². The van der Waals surface area contributed by atoms with Crippen molar-refractivity contribution in [3.8, 4) is 6.07 Å². The zero-order valence-electron chi connectivity index (χ0n) is 15.3. The van der Waals surface area contributed by atoms with Gasteiger partial charge in [0.2, 0.25) is 10.0 Å². The maximum atomic E-state index is 13.2. The van der Waals surface area contributed by atoms with Crippen molar-refractivity contribution in [1.82, 2.24) is 9.21 Å². The highest BCUT2D eigenvalue weighted by atomic mass is 32.2. The molecule has 0 N–H and O–H groups in total. The van der Waals surface area contributed by atoms with Crippen LogP contribution in [0.2, 0.25) is 0 Å². The maximum Gasteiger partial charge on any atom is 0.243 e. The molecule has 1 aliphatic heterocycles. The lowest BCUT2D eigenvalue weighted by molar-refractivity contribution is 0.191. The average Bonchev–Trinajstić information content (AvgIpc) is 2.56. The SMILES string of the molecule is Cc1c(C)c(C)c(S(=O)(=O)N2CCN(CCC#N)CC2)c(C)c1C. The third-order valence-corrected chi connectivity index (χ3v) is 7.57. The molecule has 0 atom stereocenters. The Morgan fingerprint density at radius 1 is 0.875 bits per heavy atom. The van der Waals surface area contributed by atoms with Crippen LogP contribution in [0, 0.1) is 45.9 Å². The van der Waals surface area contributed by atoms with Crippen molar-refractivity contribution in [3.05, 3.63) is 27.8 Å². The van der Waals surface area contributed by atoms with E-state index in [0.717, 1.165) is 22.3 Å². The fraction of sp³-hybridized carbons (Fsp3) is 0.611. The average molecular weight is 350 g/mol. The van der Waals surface area contributed by atoms with Gasteiger partial charge in [-0.15, -0.1) is 0 Å². The van der Waals surface area contributed by atoms with Crippen molar-refractivity contribution >= 4 is 10.0 Å². The van der Waals surface area contributed by atoms with Crippen LogP contribution in [0.1, 0.15) is 34.2 Å². The van der Waals surface area contributed by atoms with Gasteiger partial charge in [0.15, 0.2) is 0 Å². The van der Waals surface area contributed by atoms with Gasteiger partial charge in [0, 0.05) is 39.1 Å². The summed E-state index contributed by atoms with van der Waals surface area (Å²) in [7, 11) is -3.49. The summed E-state index contributed by atoms with van der Waals surface area (Å²) >= 11 is 0. The van der Waals surface area contributed by atoms with Crippen LogP contribution in [-0.2, 0) is 10.0 Å². The van der Waals surface area contributed by atoms with E-state index in [1.165, 1.54) is 5.56 Å². The van der Waals surface area contributed by atoms with Gasteiger partial charge in [0.25, 0.3) is 0 Å². The Balaban J connectivity index is 2.32. The maximum absolute atomic E-state index is 13.2. The van der Waals surface area contributed by atoms with Crippen molar-refractivity contribution in [2.45, 2.75) is 45.9 Å². The smallest absolute Gasteiger partial charge is 0.243 e. The normalized spacial score (nSPS) is 17.0. The molecular weight excluding hydrogens is 322 g/mol. The van der Waals surface area contributed by atoms with Crippen molar-refractivity contribution in [3.63, 3.8) is 0 Å². The second-order valence-corrected chi connectivity index (χ2v) is 8.48. The third-order valence-electron chi connectivity index (χ3n) is 5.40. The van der Waals surface area contributed by atoms with Crippen molar-refractivity contribution in [1.29, 1.82) is 5.26 Å². The molecule has 1 aromatic carbocycles. The highest BCUT2D eigenvalue weighted by Gasteiger charge is 2.32. The predicted molar refractivity (Wildman–Crippen MR) is 95.6 cm³/mol. The molecule has 1 heterocycles. The van der Waals surface area contributed by atoms with Gasteiger partial charge in [-0.1, -0.05) is 0 Å². The Labute approximate surface area is 145 Å². The van der Waals surface area contributed by atoms with E-state index in [-0.39, 0.29) is 0 Å². The van der Waals surface area contributed by atoms with Gasteiger partial charge >= 0.3 is 0 Å². The van der Waals surface area contributed by atoms with Crippen molar-refractivity contribution in [2.75, 3.05) is 32.7 Å². The molecule has 0 amide bonds. The molecule has 0 aromatic heterocycles. The Morgan fingerprint density at radius 2 is 1.33 bits per heavy atom. The van der Waals surface area contributed by atoms with E-state index in [1.54, 1.807) is 4.31 Å². The first-order chi connectivity index (χ1) is 11.2. The lowest BCUT2D eigenvalue weighted by Gasteiger charge is -2.34. The quantitative estimate of drug-likeness (QED) is 0.837. The van der Waals surface area contributed by atoms with Gasteiger partial charge in [0.05, 0.1) is 11.0 Å². The van der Waals surface area contributed by atoms with E-state index in [2.05, 4.69) is 17.9 Å². The van der Waals surface area contributed by atoms with E-state index in [0.29, 0.717) is 44.0 Å². The number of benzene rings is 1. The van der Waals surface area contributed by atoms with Crippen LogP contribution in [0.4, 0.5) is 0 Å². The molecule has 1 aliphatic rings. The topological polar surface area (TPSA) is 64.4 Å². The first-order valence-electron chi connectivity index (χ1n) is 8.38. The molecule has 1 saturated heterocycles. The molecular formula is C18H27N3O2S. The monoisotopic (exact) mass is 349 g/mol. The van der Waals surface area contributed by atoms with Gasteiger partial charge in [-0.3, -0.25) is 4.90 Å². The molecule has 1 fully saturated rings. The molecule has 0 spiro atoms. The molecule has 1 aromatic rings. The number of piperazine rings is 1. The zero-order valence-corrected chi connectivity index (χ0v) is 16.1. The number of hydrogen-bond acceptors (Lipinski definition) is 4. The van der Waals surface area contributed by atoms with Crippen LogP contribution in [0.3, 0.4) is 0 Å². The van der Waals surface area contributed by atoms with Gasteiger partial charge in [0.1, 0.15) is 0 Å². The Kier molecular flexibility index (Phi) is 5.69. The second kappa shape index (κ2) is 7.22. The van der Waals surface area contributed by atoms with E-state index in [9.17, 15) is 8.42 Å². The molecule has 0 radical (unpaired) electrons. The van der Waals surface area contributed by atoms with Crippen LogP contribution < -0.4 is 0 Å². The lowest BCUT2D eigenvalue weighted by Crippen LogP contribution is -2.49. The fourth-order valence-corrected chi connectivity index (χ4v) is 5.37. The Hall–Kier alpha value is -1.42. The minimum absolute atomic E-state index is 0.480. The summed E-state index contributed by atoms with van der Waals surface area (Å²) in [6, 6.07) is 2.14. The highest BCUT2D eigenvalue weighted by molar-refractivity contribution is 7.89. The van der Waals surface area contributed by atoms with E-state index in [4.69, 9.17) is 5.26 Å². The number of nitriles is 1. The van der Waals surface area contributed by atoms with E-state index < -0.39 is 10.0 Å². The van der Waals surface area contributed by atoms with Gasteiger partial charge in [-0.2, -0.15) is 9.57 Å². The molecule has 0 bridgehead atoms. The molecule has 0 unspecified atom stereocenters. The summed E-state index contributed by atoms with van der Waals surface area (Å²) in [6.07, 6.45) is 0.487. The second-order valence-electron chi connectivity index (χ2n) is 6.61. The Morgan fingerprint density at radius 3 is 1.79 bits per heavy atom. The first kappa shape index (κ1) is 18.9. The number of sulfonamides is 1. The number of nitrogens with zero attached hydrogens (tertiary/aromatic N) is 3. The van der Waals surface area contributed by atoms with Crippen molar-refractivity contribution in [2.24, 2.45) is 0 Å². The van der Waals surface area contributed by atoms with Gasteiger partial charge in [-0.05, 0) is 62.4 Å². The summed E-state index contributed by atoms with van der Waals surface area (Å²) < 4.78 is 28.0. The van der Waals surface area contributed by atoms with Crippen molar-refractivity contribution < 1.29 is 8.42 Å². The van der Waals surface area contributed by atoms with Gasteiger partial charge < -0.3 is 0 Å². The molecule has 0 saturated carbocycles. The largest absolute Gasteiger partial charge is 0.300 e. The summed E-state index contributed by atoms with van der Waals surface area (Å²) in [5.74, 6) is 0. The van der Waals surface area contributed by atoms with E-state index >= 15 is 0 Å². The molecule has 132 valence electrons. The molecule has 24 heavy (non-hydrogen) atoms. The van der Waals surface area contributed by atoms with Crippen LogP contribution in [0.25, 0.3) is 0 Å². The summed E-state index contributed by atoms with van der Waals surface area (Å²) in [5.41, 5.74) is 5.02. The summed E-state index contributed by atoms with van der Waals surface area (Å²) in [6.45, 7) is 12.9. The fourth-order valence-electron chi connectivity index (χ4n) is 3.38. The third kappa shape index (κ3) is 3.34. The van der Waals surface area contributed by atoms with Gasteiger partial charge in [-0.25, -0.2) is 8.42 Å². The molecule has 2 rings (SSSR count). The molecule has 5 nitrogen and oxygen atoms in total. The summed E-state index contributed by atoms with van der Waals surface area (Å²) in [5, 5.41) is 8.68.